The first-order chi connectivity index (χ1) is 24.5. The maximum atomic E-state index is 13.8. The maximum absolute atomic E-state index is 13.8. The Morgan fingerprint density at radius 1 is 0.400 bits per heavy atom. The third-order valence-corrected chi connectivity index (χ3v) is 9.55. The molecule has 0 aliphatic heterocycles. The molecule has 6 aromatic carbocycles. The number of hydrogen-bond donors (Lipinski definition) is 2. The lowest BCUT2D eigenvalue weighted by molar-refractivity contribution is 0.104. The zero-order valence-corrected chi connectivity index (χ0v) is 27.7. The van der Waals surface area contributed by atoms with Gasteiger partial charge in [0.2, 0.25) is 0 Å². The summed E-state index contributed by atoms with van der Waals surface area (Å²) in [7, 11) is 0. The summed E-state index contributed by atoms with van der Waals surface area (Å²) in [6, 6.07) is 49.4. The lowest BCUT2D eigenvalue weighted by Gasteiger charge is -2.08. The van der Waals surface area contributed by atoms with E-state index in [0.717, 1.165) is 78.9 Å². The quantitative estimate of drug-likeness (QED) is 0.189. The number of nitrogens with zero attached hydrogens (tertiary/aromatic N) is 2. The molecule has 0 atom stereocenters. The normalized spacial score (nSPS) is 11.8. The average molecular weight is 645 g/mol. The Labute approximate surface area is 290 Å². The molecule has 1 aliphatic rings. The van der Waals surface area contributed by atoms with Gasteiger partial charge in [0.15, 0.2) is 5.78 Å². The Morgan fingerprint density at radius 3 is 1.36 bits per heavy atom. The number of carbonyl (C=O) groups excluding carboxylic acids is 1. The van der Waals surface area contributed by atoms with Crippen LogP contribution in [0.1, 0.15) is 27.0 Å². The van der Waals surface area contributed by atoms with E-state index in [1.54, 1.807) is 0 Å². The summed E-state index contributed by atoms with van der Waals surface area (Å²) < 4.78 is 0. The topological polar surface area (TPSA) is 74.4 Å². The van der Waals surface area contributed by atoms with Crippen molar-refractivity contribution >= 4 is 5.78 Å². The Hall–Kier alpha value is -6.59. The molecule has 0 fully saturated rings. The predicted molar refractivity (Wildman–Crippen MR) is 202 cm³/mol. The van der Waals surface area contributed by atoms with E-state index in [-0.39, 0.29) is 5.78 Å². The number of aromatic nitrogens is 4. The summed E-state index contributed by atoms with van der Waals surface area (Å²) in [6.45, 7) is 4.17. The molecule has 5 heteroatoms. The van der Waals surface area contributed by atoms with Crippen LogP contribution in [-0.4, -0.2) is 25.7 Å². The molecule has 0 spiro atoms. The van der Waals surface area contributed by atoms with Crippen LogP contribution in [-0.2, 0) is 0 Å². The molecule has 50 heavy (non-hydrogen) atoms. The molecule has 2 aromatic heterocycles. The smallest absolute Gasteiger partial charge is 0.194 e. The highest BCUT2D eigenvalue weighted by molar-refractivity contribution is 6.22. The Balaban J connectivity index is 1.18. The Bertz CT molecular complexity index is 2360. The van der Waals surface area contributed by atoms with Crippen LogP contribution in [0.3, 0.4) is 0 Å². The molecule has 0 bridgehead atoms. The number of ketones is 1. The second-order valence-electron chi connectivity index (χ2n) is 12.9. The van der Waals surface area contributed by atoms with Crippen molar-refractivity contribution < 1.29 is 4.79 Å². The number of imidazole rings is 2. The van der Waals surface area contributed by atoms with Gasteiger partial charge in [0.05, 0.1) is 22.8 Å². The van der Waals surface area contributed by atoms with E-state index in [2.05, 4.69) is 109 Å². The summed E-state index contributed by atoms with van der Waals surface area (Å²) in [5, 5.41) is 0. The number of aryl methyl sites for hydroxylation is 2. The van der Waals surface area contributed by atoms with Gasteiger partial charge in [-0.15, -0.1) is 0 Å². The minimum Gasteiger partial charge on any atom is -0.337 e. The average Bonchev–Trinajstić information content (AvgIpc) is 3.88. The molecular weight excluding hydrogens is 613 g/mol. The van der Waals surface area contributed by atoms with Gasteiger partial charge < -0.3 is 9.97 Å². The molecule has 1 aliphatic carbocycles. The molecule has 8 aromatic rings. The van der Waals surface area contributed by atoms with Gasteiger partial charge in [0.1, 0.15) is 11.6 Å². The molecule has 238 valence electrons. The van der Waals surface area contributed by atoms with Crippen molar-refractivity contribution in [3.63, 3.8) is 0 Å². The van der Waals surface area contributed by atoms with Crippen LogP contribution in [0, 0.1) is 13.8 Å². The van der Waals surface area contributed by atoms with E-state index in [1.807, 2.05) is 60.7 Å². The molecule has 0 radical (unpaired) electrons. The molecule has 5 nitrogen and oxygen atoms in total. The van der Waals surface area contributed by atoms with Crippen molar-refractivity contribution in [2.24, 2.45) is 0 Å². The number of rotatable bonds is 6. The van der Waals surface area contributed by atoms with Crippen LogP contribution >= 0.6 is 0 Å². The van der Waals surface area contributed by atoms with Crippen molar-refractivity contribution in [2.45, 2.75) is 13.8 Å². The van der Waals surface area contributed by atoms with Gasteiger partial charge in [0.25, 0.3) is 0 Å². The van der Waals surface area contributed by atoms with Gasteiger partial charge in [-0.25, -0.2) is 9.97 Å². The summed E-state index contributed by atoms with van der Waals surface area (Å²) in [5.41, 5.74) is 15.2. The first-order valence-electron chi connectivity index (χ1n) is 16.8. The van der Waals surface area contributed by atoms with E-state index in [9.17, 15) is 4.79 Å². The van der Waals surface area contributed by atoms with E-state index < -0.39 is 0 Å². The lowest BCUT2D eigenvalue weighted by Crippen LogP contribution is -1.95. The highest BCUT2D eigenvalue weighted by Crippen LogP contribution is 2.43. The number of hydrogen-bond acceptors (Lipinski definition) is 3. The number of fused-ring (bicyclic) bond motifs is 3. The second-order valence-corrected chi connectivity index (χ2v) is 12.9. The summed E-state index contributed by atoms with van der Waals surface area (Å²) >= 11 is 0. The van der Waals surface area contributed by atoms with Crippen molar-refractivity contribution in [1.29, 1.82) is 0 Å². The zero-order valence-electron chi connectivity index (χ0n) is 27.7. The molecule has 2 N–H and O–H groups in total. The number of aromatic amines is 2. The van der Waals surface area contributed by atoms with Crippen LogP contribution in [0.2, 0.25) is 0 Å². The second kappa shape index (κ2) is 11.8. The van der Waals surface area contributed by atoms with Crippen molar-refractivity contribution in [2.75, 3.05) is 0 Å². The van der Waals surface area contributed by atoms with E-state index >= 15 is 0 Å². The SMILES string of the molecule is Cc1ccc(-c2nc(-c3ccc4c(c3)-c3cc(-c5[nH]c(-c6ccc(C)cc6)nc5-c5ccccc5)ccc3C4=O)c(-c3ccccc3)[nH]2)cc1. The Morgan fingerprint density at radius 2 is 0.820 bits per heavy atom. The predicted octanol–water partition coefficient (Wildman–Crippen LogP) is 11.0. The van der Waals surface area contributed by atoms with Gasteiger partial charge in [-0.05, 0) is 49.2 Å². The molecule has 9 rings (SSSR count). The maximum Gasteiger partial charge on any atom is 0.194 e. The standard InChI is InChI=1S/C45H32N4O/c1-27-13-17-31(18-14-27)44-46-39(29-9-5-3-6-10-29)41(48-44)33-21-23-35-37(25-33)38-26-34(22-24-36(38)43(35)50)42-40(30-11-7-4-8-12-30)47-45(49-42)32-19-15-28(2)16-20-32/h3-26H,1-2H3,(H,46,48)(H,47,49). The molecule has 0 amide bonds. The number of carbonyl (C=O) groups is 1. The number of nitrogens with one attached hydrogen (secondary N) is 2. The van der Waals surface area contributed by atoms with Gasteiger partial charge in [-0.3, -0.25) is 4.79 Å². The lowest BCUT2D eigenvalue weighted by atomic mass is 9.97. The van der Waals surface area contributed by atoms with E-state index in [1.165, 1.54) is 11.1 Å². The fourth-order valence-electron chi connectivity index (χ4n) is 6.86. The first kappa shape index (κ1) is 29.5. The summed E-state index contributed by atoms with van der Waals surface area (Å²) in [4.78, 5) is 31.2. The molecular formula is C45H32N4O. The van der Waals surface area contributed by atoms with Crippen LogP contribution in [0.25, 0.3) is 78.9 Å². The molecule has 0 saturated heterocycles. The minimum absolute atomic E-state index is 0.0343. The number of H-pyrrole nitrogens is 2. The largest absolute Gasteiger partial charge is 0.337 e. The molecule has 0 saturated carbocycles. The summed E-state index contributed by atoms with van der Waals surface area (Å²) in [6.07, 6.45) is 0. The van der Waals surface area contributed by atoms with Crippen LogP contribution in [0.4, 0.5) is 0 Å². The highest BCUT2D eigenvalue weighted by Gasteiger charge is 2.29. The summed E-state index contributed by atoms with van der Waals surface area (Å²) in [5.74, 6) is 1.64. The van der Waals surface area contributed by atoms with Gasteiger partial charge in [-0.2, -0.15) is 0 Å². The fraction of sp³-hybridized carbons (Fsp3) is 0.0444. The van der Waals surface area contributed by atoms with Gasteiger partial charge >= 0.3 is 0 Å². The van der Waals surface area contributed by atoms with Crippen molar-refractivity contribution in [3.8, 4) is 78.9 Å². The van der Waals surface area contributed by atoms with Crippen molar-refractivity contribution in [3.05, 3.63) is 168 Å². The highest BCUT2D eigenvalue weighted by atomic mass is 16.1. The van der Waals surface area contributed by atoms with E-state index in [4.69, 9.17) is 9.97 Å². The fourth-order valence-corrected chi connectivity index (χ4v) is 6.86. The van der Waals surface area contributed by atoms with Crippen LogP contribution in [0.15, 0.2) is 146 Å². The third-order valence-electron chi connectivity index (χ3n) is 9.55. The van der Waals surface area contributed by atoms with Gasteiger partial charge in [0, 0.05) is 44.5 Å². The van der Waals surface area contributed by atoms with Crippen molar-refractivity contribution in [1.82, 2.24) is 19.9 Å². The monoisotopic (exact) mass is 644 g/mol. The Kier molecular flexibility index (Phi) is 6.99. The van der Waals surface area contributed by atoms with Gasteiger partial charge in [-0.1, -0.05) is 132 Å². The van der Waals surface area contributed by atoms with E-state index in [0.29, 0.717) is 11.1 Å². The molecule has 2 heterocycles. The van der Waals surface area contributed by atoms with Crippen LogP contribution < -0.4 is 0 Å². The third kappa shape index (κ3) is 5.08. The molecule has 0 unspecified atom stereocenters. The first-order valence-corrected chi connectivity index (χ1v) is 16.8. The number of benzene rings is 6. The minimum atomic E-state index is 0.0343. The van der Waals surface area contributed by atoms with Crippen LogP contribution in [0.5, 0.6) is 0 Å². The zero-order chi connectivity index (χ0) is 33.8.